The number of hydrogen-bond acceptors (Lipinski definition) is 4. The van der Waals surface area contributed by atoms with Crippen LogP contribution in [0.4, 0.5) is 0 Å². The fraction of sp³-hybridized carbons (Fsp3) is 0.455. The predicted molar refractivity (Wildman–Crippen MR) is 57.4 cm³/mol. The fourth-order valence-electron chi connectivity index (χ4n) is 1.72. The highest BCUT2D eigenvalue weighted by Crippen LogP contribution is 2.33. The van der Waals surface area contributed by atoms with Gasteiger partial charge in [0.15, 0.2) is 5.60 Å². The lowest BCUT2D eigenvalue weighted by Crippen LogP contribution is -2.48. The van der Waals surface area contributed by atoms with E-state index in [0.717, 1.165) is 0 Å². The maximum Gasteiger partial charge on any atom is 0.340 e. The summed E-state index contributed by atoms with van der Waals surface area (Å²) in [5.41, 5.74) is -1.70. The second-order valence-electron chi connectivity index (χ2n) is 3.66. The Bertz CT molecular complexity index is 383. The Labute approximate surface area is 98.1 Å². The Balaban J connectivity index is 3.09. The number of carbonyl (C=O) groups is 2. The Morgan fingerprint density at radius 3 is 2.59 bits per heavy atom. The Hall–Kier alpha value is -1.66. The van der Waals surface area contributed by atoms with Gasteiger partial charge in [0.1, 0.15) is 6.79 Å². The smallest absolute Gasteiger partial charge is 0.340 e. The zero-order valence-corrected chi connectivity index (χ0v) is 9.54. The molecule has 2 unspecified atom stereocenters. The van der Waals surface area contributed by atoms with Crippen LogP contribution in [0.15, 0.2) is 23.8 Å². The van der Waals surface area contributed by atoms with Gasteiger partial charge in [-0.05, 0) is 6.08 Å². The summed E-state index contributed by atoms with van der Waals surface area (Å²) >= 11 is 0. The molecule has 0 spiro atoms. The SMILES string of the molecule is COCOC1(C(=O)O)C=CC=C(C(=O)O)C1C. The molecule has 2 atom stereocenters. The van der Waals surface area contributed by atoms with Gasteiger partial charge in [0, 0.05) is 18.6 Å². The summed E-state index contributed by atoms with van der Waals surface area (Å²) in [4.78, 5) is 22.3. The van der Waals surface area contributed by atoms with Gasteiger partial charge in [-0.25, -0.2) is 9.59 Å². The maximum atomic E-state index is 11.3. The average Bonchev–Trinajstić information content (AvgIpc) is 2.27. The van der Waals surface area contributed by atoms with Crippen LogP contribution in [-0.2, 0) is 19.1 Å². The summed E-state index contributed by atoms with van der Waals surface area (Å²) in [6, 6.07) is 0. The summed E-state index contributed by atoms with van der Waals surface area (Å²) in [6.07, 6.45) is 4.06. The molecule has 1 aliphatic carbocycles. The van der Waals surface area contributed by atoms with E-state index in [2.05, 4.69) is 4.74 Å². The monoisotopic (exact) mass is 242 g/mol. The van der Waals surface area contributed by atoms with Crippen LogP contribution in [0, 0.1) is 5.92 Å². The Morgan fingerprint density at radius 2 is 2.12 bits per heavy atom. The van der Waals surface area contributed by atoms with Crippen LogP contribution in [0.25, 0.3) is 0 Å². The summed E-state index contributed by atoms with van der Waals surface area (Å²) < 4.78 is 9.84. The Morgan fingerprint density at radius 1 is 1.47 bits per heavy atom. The summed E-state index contributed by atoms with van der Waals surface area (Å²) in [6.45, 7) is 1.26. The van der Waals surface area contributed by atoms with Crippen molar-refractivity contribution in [3.63, 3.8) is 0 Å². The third-order valence-electron chi connectivity index (χ3n) is 2.73. The molecule has 0 bridgehead atoms. The van der Waals surface area contributed by atoms with Crippen molar-refractivity contribution in [2.24, 2.45) is 5.92 Å². The van der Waals surface area contributed by atoms with E-state index < -0.39 is 23.5 Å². The number of methoxy groups -OCH3 is 1. The van der Waals surface area contributed by atoms with Crippen molar-refractivity contribution in [3.05, 3.63) is 23.8 Å². The van der Waals surface area contributed by atoms with Crippen LogP contribution in [0.5, 0.6) is 0 Å². The first-order chi connectivity index (χ1) is 7.95. The van der Waals surface area contributed by atoms with Gasteiger partial charge in [-0.1, -0.05) is 19.1 Å². The molecule has 0 aromatic carbocycles. The van der Waals surface area contributed by atoms with Crippen molar-refractivity contribution in [2.45, 2.75) is 12.5 Å². The van der Waals surface area contributed by atoms with E-state index in [4.69, 9.17) is 9.84 Å². The molecule has 0 saturated carbocycles. The molecule has 0 saturated heterocycles. The van der Waals surface area contributed by atoms with Gasteiger partial charge in [-0.2, -0.15) is 0 Å². The third-order valence-corrected chi connectivity index (χ3v) is 2.73. The molecule has 1 rings (SSSR count). The quantitative estimate of drug-likeness (QED) is 0.687. The molecule has 1 aliphatic rings. The van der Waals surface area contributed by atoms with Crippen molar-refractivity contribution >= 4 is 11.9 Å². The zero-order valence-electron chi connectivity index (χ0n) is 9.54. The third kappa shape index (κ3) is 2.37. The highest BCUT2D eigenvalue weighted by Gasteiger charge is 2.47. The van der Waals surface area contributed by atoms with Gasteiger partial charge in [-0.15, -0.1) is 0 Å². The molecular formula is C11H14O6. The molecule has 0 amide bonds. The average molecular weight is 242 g/mol. The van der Waals surface area contributed by atoms with Gasteiger partial charge in [0.25, 0.3) is 0 Å². The fourth-order valence-corrected chi connectivity index (χ4v) is 1.72. The van der Waals surface area contributed by atoms with E-state index in [0.29, 0.717) is 0 Å². The number of aliphatic carboxylic acids is 2. The molecule has 17 heavy (non-hydrogen) atoms. The number of rotatable bonds is 5. The minimum absolute atomic E-state index is 0.00833. The van der Waals surface area contributed by atoms with Crippen LogP contribution < -0.4 is 0 Å². The minimum Gasteiger partial charge on any atom is -0.479 e. The van der Waals surface area contributed by atoms with Crippen molar-refractivity contribution in [2.75, 3.05) is 13.9 Å². The first-order valence-electron chi connectivity index (χ1n) is 4.94. The van der Waals surface area contributed by atoms with Gasteiger partial charge >= 0.3 is 11.9 Å². The second kappa shape index (κ2) is 5.11. The number of ether oxygens (including phenoxy) is 2. The number of carboxylic acid groups (broad SMARTS) is 2. The summed E-state index contributed by atoms with van der Waals surface area (Å²) in [5.74, 6) is -3.21. The molecule has 0 heterocycles. The Kier molecular flexibility index (Phi) is 4.03. The number of hydrogen-bond donors (Lipinski definition) is 2. The van der Waals surface area contributed by atoms with Crippen LogP contribution >= 0.6 is 0 Å². The second-order valence-corrected chi connectivity index (χ2v) is 3.66. The molecule has 0 aliphatic heterocycles. The molecule has 6 heteroatoms. The molecule has 6 nitrogen and oxygen atoms in total. The van der Waals surface area contributed by atoms with E-state index in [-0.39, 0.29) is 12.4 Å². The number of carboxylic acids is 2. The van der Waals surface area contributed by atoms with Gasteiger partial charge < -0.3 is 19.7 Å². The lowest BCUT2D eigenvalue weighted by atomic mass is 9.79. The van der Waals surface area contributed by atoms with E-state index in [9.17, 15) is 14.7 Å². The van der Waals surface area contributed by atoms with Gasteiger partial charge in [-0.3, -0.25) is 0 Å². The van der Waals surface area contributed by atoms with E-state index in [1.807, 2.05) is 0 Å². The number of allylic oxidation sites excluding steroid dienone is 2. The lowest BCUT2D eigenvalue weighted by molar-refractivity contribution is -0.179. The molecule has 0 aromatic rings. The van der Waals surface area contributed by atoms with Crippen molar-refractivity contribution < 1.29 is 29.3 Å². The highest BCUT2D eigenvalue weighted by molar-refractivity contribution is 5.92. The topological polar surface area (TPSA) is 93.1 Å². The van der Waals surface area contributed by atoms with E-state index in [1.165, 1.54) is 32.3 Å². The standard InChI is InChI=1S/C11H14O6/c1-7-8(9(12)13)4-3-5-11(7,10(14)15)17-6-16-2/h3-5,7H,6H2,1-2H3,(H,12,13)(H,14,15). The van der Waals surface area contributed by atoms with Crippen LogP contribution in [-0.4, -0.2) is 41.7 Å². The van der Waals surface area contributed by atoms with E-state index in [1.54, 1.807) is 0 Å². The minimum atomic E-state index is -1.70. The molecule has 0 radical (unpaired) electrons. The highest BCUT2D eigenvalue weighted by atomic mass is 16.7. The lowest BCUT2D eigenvalue weighted by Gasteiger charge is -2.34. The van der Waals surface area contributed by atoms with Crippen molar-refractivity contribution in [1.29, 1.82) is 0 Å². The largest absolute Gasteiger partial charge is 0.479 e. The van der Waals surface area contributed by atoms with Crippen molar-refractivity contribution in [1.82, 2.24) is 0 Å². The maximum absolute atomic E-state index is 11.3. The first kappa shape index (κ1) is 13.4. The molecule has 2 N–H and O–H groups in total. The normalized spacial score (nSPS) is 27.6. The zero-order chi connectivity index (χ0) is 13.1. The van der Waals surface area contributed by atoms with Crippen LogP contribution in [0.1, 0.15) is 6.92 Å². The van der Waals surface area contributed by atoms with E-state index >= 15 is 0 Å². The summed E-state index contributed by atoms with van der Waals surface area (Å²) in [7, 11) is 1.36. The molecule has 94 valence electrons. The molecule has 0 fully saturated rings. The van der Waals surface area contributed by atoms with Crippen molar-refractivity contribution in [3.8, 4) is 0 Å². The predicted octanol–water partition coefficient (Wildman–Crippen LogP) is 0.647. The molecular weight excluding hydrogens is 228 g/mol. The summed E-state index contributed by atoms with van der Waals surface area (Å²) in [5, 5.41) is 18.2. The van der Waals surface area contributed by atoms with Crippen LogP contribution in [0.3, 0.4) is 0 Å². The van der Waals surface area contributed by atoms with Gasteiger partial charge in [0.2, 0.25) is 0 Å². The van der Waals surface area contributed by atoms with Gasteiger partial charge in [0.05, 0.1) is 0 Å². The first-order valence-corrected chi connectivity index (χ1v) is 4.94. The molecule has 0 aromatic heterocycles. The van der Waals surface area contributed by atoms with Crippen LogP contribution in [0.2, 0.25) is 0 Å².